The first kappa shape index (κ1) is 14.6. The molecular formula is C15H22N2O3. The van der Waals surface area contributed by atoms with Crippen LogP contribution in [0, 0.1) is 16.0 Å². The van der Waals surface area contributed by atoms with E-state index in [2.05, 4.69) is 5.32 Å². The Hall–Kier alpha value is -1.78. The van der Waals surface area contributed by atoms with Crippen molar-refractivity contribution in [1.29, 1.82) is 0 Å². The van der Waals surface area contributed by atoms with Gasteiger partial charge in [-0.05, 0) is 31.4 Å². The second kappa shape index (κ2) is 7.12. The molecule has 0 aromatic heterocycles. The second-order valence-corrected chi connectivity index (χ2v) is 5.21. The number of nitrogens with one attached hydrogen (secondary N) is 1. The van der Waals surface area contributed by atoms with Crippen molar-refractivity contribution >= 4 is 11.4 Å². The van der Waals surface area contributed by atoms with Crippen molar-refractivity contribution in [3.8, 4) is 5.75 Å². The maximum absolute atomic E-state index is 11.2. The fourth-order valence-corrected chi connectivity index (χ4v) is 2.84. The second-order valence-electron chi connectivity index (χ2n) is 5.21. The standard InChI is InChI=1S/C15H22N2O3/c1-2-20-14-9-5-8-13(15(14)17(18)19)16-11-10-12-6-3-4-7-12/h5,8-9,12,16H,2-4,6-7,10-11H2,1H3. The Morgan fingerprint density at radius 3 is 2.80 bits per heavy atom. The Morgan fingerprint density at radius 1 is 1.40 bits per heavy atom. The normalized spacial score (nSPS) is 15.2. The predicted octanol–water partition coefficient (Wildman–Crippen LogP) is 3.99. The molecule has 5 nitrogen and oxygen atoms in total. The van der Waals surface area contributed by atoms with E-state index in [9.17, 15) is 10.1 Å². The lowest BCUT2D eigenvalue weighted by Gasteiger charge is -2.12. The van der Waals surface area contributed by atoms with Crippen LogP contribution in [0.15, 0.2) is 18.2 Å². The molecule has 2 rings (SSSR count). The van der Waals surface area contributed by atoms with Crippen molar-refractivity contribution in [2.24, 2.45) is 5.92 Å². The van der Waals surface area contributed by atoms with Crippen LogP contribution >= 0.6 is 0 Å². The summed E-state index contributed by atoms with van der Waals surface area (Å²) in [5, 5.41) is 14.4. The van der Waals surface area contributed by atoms with Gasteiger partial charge in [0.2, 0.25) is 0 Å². The van der Waals surface area contributed by atoms with Gasteiger partial charge in [0.05, 0.1) is 11.5 Å². The lowest BCUT2D eigenvalue weighted by Crippen LogP contribution is -2.09. The van der Waals surface area contributed by atoms with Crippen LogP contribution in [0.4, 0.5) is 11.4 Å². The Balaban J connectivity index is 2.01. The quantitative estimate of drug-likeness (QED) is 0.605. The molecule has 1 aliphatic rings. The molecule has 0 atom stereocenters. The van der Waals surface area contributed by atoms with Gasteiger partial charge in [-0.15, -0.1) is 0 Å². The maximum atomic E-state index is 11.2. The lowest BCUT2D eigenvalue weighted by molar-refractivity contribution is -0.384. The van der Waals surface area contributed by atoms with Crippen molar-refractivity contribution in [2.75, 3.05) is 18.5 Å². The maximum Gasteiger partial charge on any atom is 0.333 e. The van der Waals surface area contributed by atoms with E-state index < -0.39 is 0 Å². The molecule has 0 heterocycles. The third-order valence-electron chi connectivity index (χ3n) is 3.82. The van der Waals surface area contributed by atoms with Crippen LogP contribution in [-0.2, 0) is 0 Å². The first-order valence-corrected chi connectivity index (χ1v) is 7.36. The summed E-state index contributed by atoms with van der Waals surface area (Å²) in [6, 6.07) is 5.18. The highest BCUT2D eigenvalue weighted by Gasteiger charge is 2.21. The molecule has 110 valence electrons. The molecule has 0 saturated heterocycles. The largest absolute Gasteiger partial charge is 0.487 e. The Labute approximate surface area is 119 Å². The topological polar surface area (TPSA) is 64.4 Å². The smallest absolute Gasteiger partial charge is 0.333 e. The van der Waals surface area contributed by atoms with E-state index in [-0.39, 0.29) is 10.6 Å². The average molecular weight is 278 g/mol. The lowest BCUT2D eigenvalue weighted by atomic mass is 10.0. The number of hydrogen-bond donors (Lipinski definition) is 1. The summed E-state index contributed by atoms with van der Waals surface area (Å²) in [7, 11) is 0. The van der Waals surface area contributed by atoms with Crippen LogP contribution in [0.1, 0.15) is 39.0 Å². The third-order valence-corrected chi connectivity index (χ3v) is 3.82. The zero-order chi connectivity index (χ0) is 14.4. The van der Waals surface area contributed by atoms with Crippen LogP contribution < -0.4 is 10.1 Å². The summed E-state index contributed by atoms with van der Waals surface area (Å²) in [6.45, 7) is 3.03. The number of anilines is 1. The summed E-state index contributed by atoms with van der Waals surface area (Å²) >= 11 is 0. The molecule has 0 amide bonds. The fraction of sp³-hybridized carbons (Fsp3) is 0.600. The van der Waals surface area contributed by atoms with Gasteiger partial charge in [-0.3, -0.25) is 10.1 Å². The van der Waals surface area contributed by atoms with E-state index in [1.165, 1.54) is 25.7 Å². The highest BCUT2D eigenvalue weighted by atomic mass is 16.6. The van der Waals surface area contributed by atoms with Crippen molar-refractivity contribution in [3.05, 3.63) is 28.3 Å². The van der Waals surface area contributed by atoms with Gasteiger partial charge in [0, 0.05) is 6.54 Å². The van der Waals surface area contributed by atoms with Gasteiger partial charge >= 0.3 is 5.69 Å². The molecule has 1 aromatic carbocycles. The van der Waals surface area contributed by atoms with E-state index in [0.717, 1.165) is 18.9 Å². The Kier molecular flexibility index (Phi) is 5.21. The van der Waals surface area contributed by atoms with Crippen LogP contribution in [-0.4, -0.2) is 18.1 Å². The highest BCUT2D eigenvalue weighted by molar-refractivity contribution is 5.68. The van der Waals surface area contributed by atoms with Gasteiger partial charge in [-0.2, -0.15) is 0 Å². The summed E-state index contributed by atoms with van der Waals surface area (Å²) < 4.78 is 5.34. The minimum absolute atomic E-state index is 0.0424. The minimum Gasteiger partial charge on any atom is -0.487 e. The van der Waals surface area contributed by atoms with E-state index >= 15 is 0 Å². The van der Waals surface area contributed by atoms with Gasteiger partial charge in [-0.25, -0.2) is 0 Å². The summed E-state index contributed by atoms with van der Waals surface area (Å²) in [4.78, 5) is 10.9. The molecule has 1 aliphatic carbocycles. The van der Waals surface area contributed by atoms with Gasteiger partial charge in [0.15, 0.2) is 5.75 Å². The number of nitrogens with zero attached hydrogens (tertiary/aromatic N) is 1. The zero-order valence-corrected chi connectivity index (χ0v) is 11.9. The van der Waals surface area contributed by atoms with Crippen LogP contribution in [0.5, 0.6) is 5.75 Å². The summed E-state index contributed by atoms with van der Waals surface area (Å²) in [5.74, 6) is 1.11. The van der Waals surface area contributed by atoms with Crippen LogP contribution in [0.2, 0.25) is 0 Å². The van der Waals surface area contributed by atoms with Crippen molar-refractivity contribution in [3.63, 3.8) is 0 Å². The fourth-order valence-electron chi connectivity index (χ4n) is 2.84. The first-order chi connectivity index (χ1) is 9.72. The molecule has 1 N–H and O–H groups in total. The molecule has 1 fully saturated rings. The highest BCUT2D eigenvalue weighted by Crippen LogP contribution is 2.35. The van der Waals surface area contributed by atoms with Crippen molar-refractivity contribution in [2.45, 2.75) is 39.0 Å². The number of nitro benzene ring substituents is 1. The van der Waals surface area contributed by atoms with E-state index in [4.69, 9.17) is 4.74 Å². The van der Waals surface area contributed by atoms with E-state index in [1.807, 2.05) is 6.92 Å². The molecule has 1 aromatic rings. The summed E-state index contributed by atoms with van der Waals surface area (Å²) in [5.41, 5.74) is 0.597. The minimum atomic E-state index is -0.372. The molecule has 0 radical (unpaired) electrons. The first-order valence-electron chi connectivity index (χ1n) is 7.36. The summed E-state index contributed by atoms with van der Waals surface area (Å²) in [6.07, 6.45) is 6.32. The number of benzene rings is 1. The van der Waals surface area contributed by atoms with E-state index in [1.54, 1.807) is 18.2 Å². The molecule has 5 heteroatoms. The monoisotopic (exact) mass is 278 g/mol. The Morgan fingerprint density at radius 2 is 2.15 bits per heavy atom. The molecule has 0 aliphatic heterocycles. The number of para-hydroxylation sites is 1. The molecule has 0 unspecified atom stereocenters. The molecule has 0 spiro atoms. The van der Waals surface area contributed by atoms with Crippen molar-refractivity contribution < 1.29 is 9.66 Å². The van der Waals surface area contributed by atoms with Crippen LogP contribution in [0.25, 0.3) is 0 Å². The third kappa shape index (κ3) is 3.62. The Bertz CT molecular complexity index is 456. The number of nitro groups is 1. The SMILES string of the molecule is CCOc1cccc(NCCC2CCCC2)c1[N+](=O)[O-]. The van der Waals surface area contributed by atoms with Gasteiger partial charge in [0.1, 0.15) is 5.69 Å². The van der Waals surface area contributed by atoms with Crippen LogP contribution in [0.3, 0.4) is 0 Å². The number of hydrogen-bond acceptors (Lipinski definition) is 4. The molecule has 1 saturated carbocycles. The molecule has 0 bridgehead atoms. The zero-order valence-electron chi connectivity index (χ0n) is 11.9. The average Bonchev–Trinajstić information content (AvgIpc) is 2.92. The van der Waals surface area contributed by atoms with Crippen molar-refractivity contribution in [1.82, 2.24) is 0 Å². The van der Waals surface area contributed by atoms with Gasteiger partial charge in [-0.1, -0.05) is 31.7 Å². The predicted molar refractivity (Wildman–Crippen MR) is 79.3 cm³/mol. The van der Waals surface area contributed by atoms with Gasteiger partial charge < -0.3 is 10.1 Å². The van der Waals surface area contributed by atoms with E-state index in [0.29, 0.717) is 18.0 Å². The number of rotatable bonds is 7. The molecule has 20 heavy (non-hydrogen) atoms. The van der Waals surface area contributed by atoms with Gasteiger partial charge in [0.25, 0.3) is 0 Å². The molecular weight excluding hydrogens is 256 g/mol. The number of ether oxygens (including phenoxy) is 1.